The highest BCUT2D eigenvalue weighted by Crippen LogP contribution is 2.44. The van der Waals surface area contributed by atoms with E-state index in [9.17, 15) is 24.0 Å². The quantitative estimate of drug-likeness (QED) is 0.535. The van der Waals surface area contributed by atoms with Crippen molar-refractivity contribution in [2.75, 3.05) is 25.1 Å². The highest BCUT2D eigenvalue weighted by molar-refractivity contribution is 6.15. The summed E-state index contributed by atoms with van der Waals surface area (Å²) in [4.78, 5) is 64.1. The maximum Gasteiger partial charge on any atom is 0.354 e. The normalized spacial score (nSPS) is 19.9. The average Bonchev–Trinajstić information content (AvgIpc) is 3.07. The van der Waals surface area contributed by atoms with Crippen molar-refractivity contribution in [1.29, 1.82) is 0 Å². The number of para-hydroxylation sites is 1. The van der Waals surface area contributed by atoms with Crippen molar-refractivity contribution in [3.63, 3.8) is 0 Å². The molecular formula is C19H20N4O6. The Kier molecular flexibility index (Phi) is 5.35. The molecule has 0 radical (unpaired) electrons. The average molecular weight is 400 g/mol. The molecule has 2 aliphatic heterocycles. The number of amides is 5. The van der Waals surface area contributed by atoms with Crippen LogP contribution in [0.3, 0.4) is 0 Å². The van der Waals surface area contributed by atoms with Gasteiger partial charge in [-0.25, -0.2) is 9.59 Å². The summed E-state index contributed by atoms with van der Waals surface area (Å²) in [5.41, 5.74) is -1.05. The number of carbonyl (C=O) groups is 5. The molecule has 1 aromatic rings. The minimum atomic E-state index is -1.67. The molecule has 152 valence electrons. The molecule has 2 N–H and O–H groups in total. The fourth-order valence-electron chi connectivity index (χ4n) is 3.51. The maximum absolute atomic E-state index is 13.0. The van der Waals surface area contributed by atoms with Crippen LogP contribution in [0.4, 0.5) is 10.5 Å². The number of nitrogens with one attached hydrogen (secondary N) is 2. The maximum atomic E-state index is 13.0. The van der Waals surface area contributed by atoms with E-state index in [4.69, 9.17) is 4.74 Å². The third-order valence-corrected chi connectivity index (χ3v) is 4.86. The number of imide groups is 1. The van der Waals surface area contributed by atoms with Crippen molar-refractivity contribution in [2.24, 2.45) is 0 Å². The molecule has 0 aromatic heterocycles. The Labute approximate surface area is 166 Å². The SMILES string of the molecule is C=CCNC(=O)NC(=O)COC(=O)[C@@]12CCC(=O)N1c1ccccc1C(=O)N2C. The van der Waals surface area contributed by atoms with E-state index in [-0.39, 0.29) is 25.3 Å². The van der Waals surface area contributed by atoms with Crippen molar-refractivity contribution in [3.8, 4) is 0 Å². The lowest BCUT2D eigenvalue weighted by Gasteiger charge is -2.46. The zero-order chi connectivity index (χ0) is 21.2. The fraction of sp³-hybridized carbons (Fsp3) is 0.316. The number of nitrogens with zero attached hydrogens (tertiary/aromatic N) is 2. The van der Waals surface area contributed by atoms with E-state index in [1.807, 2.05) is 5.32 Å². The van der Waals surface area contributed by atoms with Crippen LogP contribution in [0.25, 0.3) is 0 Å². The second kappa shape index (κ2) is 7.74. The van der Waals surface area contributed by atoms with Gasteiger partial charge in [0.2, 0.25) is 11.6 Å². The van der Waals surface area contributed by atoms with Crippen molar-refractivity contribution < 1.29 is 28.7 Å². The van der Waals surface area contributed by atoms with Crippen LogP contribution in [0.5, 0.6) is 0 Å². The molecule has 1 fully saturated rings. The first-order chi connectivity index (χ1) is 13.8. The highest BCUT2D eigenvalue weighted by Gasteiger charge is 2.60. The smallest absolute Gasteiger partial charge is 0.354 e. The second-order valence-electron chi connectivity index (χ2n) is 6.55. The van der Waals surface area contributed by atoms with Gasteiger partial charge in [0.05, 0.1) is 11.3 Å². The minimum absolute atomic E-state index is 0.0304. The molecule has 29 heavy (non-hydrogen) atoms. The van der Waals surface area contributed by atoms with Gasteiger partial charge in [0.1, 0.15) is 0 Å². The van der Waals surface area contributed by atoms with Gasteiger partial charge >= 0.3 is 12.0 Å². The lowest BCUT2D eigenvalue weighted by molar-refractivity contribution is -0.159. The van der Waals surface area contributed by atoms with Gasteiger partial charge in [-0.3, -0.25) is 24.6 Å². The molecule has 1 saturated heterocycles. The summed E-state index contributed by atoms with van der Waals surface area (Å²) in [6, 6.07) is 5.72. The van der Waals surface area contributed by atoms with Gasteiger partial charge in [-0.2, -0.15) is 0 Å². The lowest BCUT2D eigenvalue weighted by Crippen LogP contribution is -2.67. The van der Waals surface area contributed by atoms with Crippen LogP contribution in [-0.2, 0) is 19.1 Å². The van der Waals surface area contributed by atoms with E-state index in [1.54, 1.807) is 24.3 Å². The number of hydrogen-bond donors (Lipinski definition) is 2. The minimum Gasteiger partial charge on any atom is -0.452 e. The predicted molar refractivity (Wildman–Crippen MR) is 101 cm³/mol. The van der Waals surface area contributed by atoms with Crippen LogP contribution in [0.2, 0.25) is 0 Å². The molecule has 10 heteroatoms. The third-order valence-electron chi connectivity index (χ3n) is 4.86. The molecule has 1 aromatic carbocycles. The third kappa shape index (κ3) is 3.33. The number of benzene rings is 1. The van der Waals surface area contributed by atoms with Crippen LogP contribution in [0, 0.1) is 0 Å². The molecule has 0 saturated carbocycles. The van der Waals surface area contributed by atoms with Crippen LogP contribution in [-0.4, -0.2) is 60.5 Å². The standard InChI is InChI=1S/C19H20N4O6/c1-3-10-20-18(28)21-14(24)11-29-17(27)19-9-8-15(25)23(19)13-7-5-4-6-12(13)16(26)22(19)2/h3-7H,1,8-11H2,2H3,(H2,20,21,24,28)/t19-/m1/s1. The molecule has 3 rings (SSSR count). The number of urea groups is 1. The number of carbonyl (C=O) groups excluding carboxylic acids is 5. The van der Waals surface area contributed by atoms with E-state index in [2.05, 4.69) is 11.9 Å². The number of fused-ring (bicyclic) bond motifs is 3. The van der Waals surface area contributed by atoms with Crippen molar-refractivity contribution in [3.05, 3.63) is 42.5 Å². The molecule has 0 bridgehead atoms. The summed E-state index contributed by atoms with van der Waals surface area (Å²) >= 11 is 0. The number of rotatable bonds is 5. The van der Waals surface area contributed by atoms with Gasteiger partial charge in [0.25, 0.3) is 11.8 Å². The Hall–Kier alpha value is -3.69. The van der Waals surface area contributed by atoms with Crippen molar-refractivity contribution >= 4 is 35.4 Å². The van der Waals surface area contributed by atoms with Crippen molar-refractivity contribution in [1.82, 2.24) is 15.5 Å². The van der Waals surface area contributed by atoms with E-state index < -0.39 is 36.1 Å². The molecule has 0 spiro atoms. The number of anilines is 1. The van der Waals surface area contributed by atoms with Gasteiger partial charge in [-0.15, -0.1) is 6.58 Å². The summed E-state index contributed by atoms with van der Waals surface area (Å²) in [6.07, 6.45) is 1.50. The summed E-state index contributed by atoms with van der Waals surface area (Å²) < 4.78 is 5.10. The molecule has 2 heterocycles. The first kappa shape index (κ1) is 20.1. The van der Waals surface area contributed by atoms with Crippen LogP contribution in [0.1, 0.15) is 23.2 Å². The van der Waals surface area contributed by atoms with E-state index in [1.165, 1.54) is 18.0 Å². The monoisotopic (exact) mass is 400 g/mol. The van der Waals surface area contributed by atoms with E-state index >= 15 is 0 Å². The highest BCUT2D eigenvalue weighted by atomic mass is 16.5. The van der Waals surface area contributed by atoms with Gasteiger partial charge in [-0.05, 0) is 12.1 Å². The number of esters is 1. The molecule has 2 aliphatic rings. The number of hydrogen-bond acceptors (Lipinski definition) is 6. The van der Waals surface area contributed by atoms with Gasteiger partial charge in [0.15, 0.2) is 6.61 Å². The van der Waals surface area contributed by atoms with Gasteiger partial charge in [-0.1, -0.05) is 18.2 Å². The molecule has 5 amide bonds. The lowest BCUT2D eigenvalue weighted by atomic mass is 9.97. The first-order valence-electron chi connectivity index (χ1n) is 8.89. The summed E-state index contributed by atoms with van der Waals surface area (Å²) in [7, 11) is 1.41. The van der Waals surface area contributed by atoms with E-state index in [0.29, 0.717) is 11.3 Å². The summed E-state index contributed by atoms with van der Waals surface area (Å²) in [6.45, 7) is 2.84. The predicted octanol–water partition coefficient (Wildman–Crippen LogP) is 0.150. The Morgan fingerprint density at radius 3 is 2.72 bits per heavy atom. The summed E-state index contributed by atoms with van der Waals surface area (Å²) in [5.74, 6) is -2.54. The Morgan fingerprint density at radius 1 is 1.28 bits per heavy atom. The van der Waals surface area contributed by atoms with E-state index in [0.717, 1.165) is 4.90 Å². The van der Waals surface area contributed by atoms with Crippen LogP contribution in [0.15, 0.2) is 36.9 Å². The first-order valence-corrected chi connectivity index (χ1v) is 8.89. The Balaban J connectivity index is 1.79. The second-order valence-corrected chi connectivity index (χ2v) is 6.55. The number of ether oxygens (including phenoxy) is 1. The van der Waals surface area contributed by atoms with Gasteiger partial charge < -0.3 is 15.0 Å². The van der Waals surface area contributed by atoms with Crippen LogP contribution < -0.4 is 15.5 Å². The number of likely N-dealkylation sites (N-methyl/N-ethyl adjacent to an activating group) is 1. The molecule has 10 nitrogen and oxygen atoms in total. The fourth-order valence-corrected chi connectivity index (χ4v) is 3.51. The van der Waals surface area contributed by atoms with Crippen molar-refractivity contribution in [2.45, 2.75) is 18.5 Å². The topological polar surface area (TPSA) is 125 Å². The zero-order valence-electron chi connectivity index (χ0n) is 15.8. The zero-order valence-corrected chi connectivity index (χ0v) is 15.8. The molecule has 0 aliphatic carbocycles. The largest absolute Gasteiger partial charge is 0.452 e. The van der Waals surface area contributed by atoms with Crippen LogP contribution >= 0.6 is 0 Å². The molecule has 1 atom stereocenters. The molecule has 0 unspecified atom stereocenters. The summed E-state index contributed by atoms with van der Waals surface area (Å²) in [5, 5.41) is 4.34. The molecular weight excluding hydrogens is 380 g/mol. The Bertz CT molecular complexity index is 914. The Morgan fingerprint density at radius 2 is 2.00 bits per heavy atom. The van der Waals surface area contributed by atoms with Gasteiger partial charge in [0, 0.05) is 26.4 Å².